The van der Waals surface area contributed by atoms with E-state index >= 15 is 0 Å². The van der Waals surface area contributed by atoms with Crippen LogP contribution in [0.2, 0.25) is 0 Å². The molecule has 2 aromatic rings. The van der Waals surface area contributed by atoms with Gasteiger partial charge in [-0.15, -0.1) is 13.2 Å². The van der Waals surface area contributed by atoms with E-state index in [9.17, 15) is 41.4 Å². The first kappa shape index (κ1) is 34.9. The summed E-state index contributed by atoms with van der Waals surface area (Å²) in [6, 6.07) is 8.09. The highest BCUT2D eigenvalue weighted by molar-refractivity contribution is 7.92. The zero-order valence-electron chi connectivity index (χ0n) is 25.5. The number of rotatable bonds is 10. The molecule has 250 valence electrons. The number of hydrogen-bond acceptors (Lipinski definition) is 8. The number of aliphatic imine (C=N–C) groups is 1. The number of nitrogens with zero attached hydrogens (tertiary/aromatic N) is 4. The van der Waals surface area contributed by atoms with E-state index in [1.54, 1.807) is 26.0 Å². The topological polar surface area (TPSA) is 152 Å². The lowest BCUT2D eigenvalue weighted by atomic mass is 9.89. The highest BCUT2D eigenvalue weighted by Crippen LogP contribution is 2.33. The summed E-state index contributed by atoms with van der Waals surface area (Å²) in [4.78, 5) is 33.0. The highest BCUT2D eigenvalue weighted by atomic mass is 32.2. The van der Waals surface area contributed by atoms with Crippen LogP contribution in [0.4, 0.5) is 23.7 Å². The lowest BCUT2D eigenvalue weighted by Crippen LogP contribution is -2.50. The summed E-state index contributed by atoms with van der Waals surface area (Å²) in [6.45, 7) is 3.15. The first-order valence-electron chi connectivity index (χ1n) is 14.4. The molecule has 0 bridgehead atoms. The largest absolute Gasteiger partial charge is 0.573 e. The molecule has 1 fully saturated rings. The summed E-state index contributed by atoms with van der Waals surface area (Å²) in [5.74, 6) is -0.834. The van der Waals surface area contributed by atoms with E-state index in [0.29, 0.717) is 22.4 Å². The number of anilines is 1. The fraction of sp³-hybridized carbons (Fsp3) is 0.433. The van der Waals surface area contributed by atoms with Crippen LogP contribution >= 0.6 is 0 Å². The zero-order valence-corrected chi connectivity index (χ0v) is 26.4. The Morgan fingerprint density at radius 3 is 2.33 bits per heavy atom. The van der Waals surface area contributed by atoms with E-state index < -0.39 is 39.6 Å². The van der Waals surface area contributed by atoms with Crippen LogP contribution in [-0.4, -0.2) is 104 Å². The van der Waals surface area contributed by atoms with Crippen LogP contribution in [-0.2, 0) is 14.8 Å². The van der Waals surface area contributed by atoms with Crippen molar-refractivity contribution in [2.24, 2.45) is 4.99 Å². The molecule has 46 heavy (non-hydrogen) atoms. The molecule has 2 heterocycles. The second kappa shape index (κ2) is 13.8. The maximum atomic E-state index is 13.3. The van der Waals surface area contributed by atoms with E-state index in [-0.39, 0.29) is 63.6 Å². The Kier molecular flexibility index (Phi) is 10.5. The molecule has 2 aromatic carbocycles. The summed E-state index contributed by atoms with van der Waals surface area (Å²) < 4.78 is 69.7. The van der Waals surface area contributed by atoms with Crippen LogP contribution < -0.4 is 15.0 Å². The lowest BCUT2D eigenvalue weighted by molar-refractivity contribution is -0.274. The Labute approximate surface area is 264 Å². The smallest absolute Gasteiger partial charge is 0.406 e. The van der Waals surface area contributed by atoms with E-state index in [0.717, 1.165) is 17.5 Å². The lowest BCUT2D eigenvalue weighted by Gasteiger charge is -2.34. The van der Waals surface area contributed by atoms with Crippen molar-refractivity contribution < 1.29 is 46.1 Å². The molecule has 0 atom stereocenters. The summed E-state index contributed by atoms with van der Waals surface area (Å²) >= 11 is 0. The molecule has 4 rings (SSSR count). The molecule has 0 aliphatic carbocycles. The van der Waals surface area contributed by atoms with Gasteiger partial charge in [0.25, 0.3) is 5.91 Å². The number of likely N-dealkylation sites (N-methyl/N-ethyl adjacent to an activating group) is 1. The average Bonchev–Trinajstić information content (AvgIpc) is 3.29. The normalized spacial score (nSPS) is 16.9. The van der Waals surface area contributed by atoms with Gasteiger partial charge in [-0.3, -0.25) is 14.7 Å². The average molecular weight is 668 g/mol. The van der Waals surface area contributed by atoms with Crippen molar-refractivity contribution in [1.82, 2.24) is 14.5 Å². The number of amidine groups is 1. The Bertz CT molecular complexity index is 1610. The molecule has 0 saturated carbocycles. The number of nitrogens with one attached hydrogen (secondary N) is 1. The second-order valence-electron chi connectivity index (χ2n) is 11.1. The number of hydrogen-bond donors (Lipinski definition) is 3. The summed E-state index contributed by atoms with van der Waals surface area (Å²) in [5.41, 5.74) is 1.49. The number of aliphatic hydroxyl groups excluding tert-OH is 2. The van der Waals surface area contributed by atoms with Gasteiger partial charge >= 0.3 is 12.4 Å². The number of aliphatic hydroxyl groups is 2. The minimum atomic E-state index is -4.88. The van der Waals surface area contributed by atoms with E-state index in [4.69, 9.17) is 0 Å². The number of urea groups is 1. The van der Waals surface area contributed by atoms with Gasteiger partial charge in [-0.25, -0.2) is 13.2 Å². The van der Waals surface area contributed by atoms with Crippen LogP contribution in [0.25, 0.3) is 6.08 Å². The molecule has 3 N–H and O–H groups in total. The number of carbonyl (C=O) groups excluding carboxylic acids is 2. The number of benzene rings is 2. The molecular formula is C30H36F3N5O7S. The van der Waals surface area contributed by atoms with Crippen molar-refractivity contribution >= 4 is 39.6 Å². The minimum absolute atomic E-state index is 0.00934. The van der Waals surface area contributed by atoms with Crippen molar-refractivity contribution in [3.63, 3.8) is 0 Å². The van der Waals surface area contributed by atoms with Crippen LogP contribution in [0.1, 0.15) is 35.1 Å². The maximum Gasteiger partial charge on any atom is 0.573 e. The third kappa shape index (κ3) is 7.86. The van der Waals surface area contributed by atoms with Crippen LogP contribution in [0.5, 0.6) is 5.75 Å². The van der Waals surface area contributed by atoms with Crippen molar-refractivity contribution in [2.75, 3.05) is 51.3 Å². The zero-order chi connectivity index (χ0) is 33.9. The highest BCUT2D eigenvalue weighted by Gasteiger charge is 2.47. The SMILES string of the molecule is Cc1cc(N(CCO)C(=O)N(C)CCO)cc(C)c1/C=C/S(=O)(=O)N1CCC2(CC1)N=C(c1cccc(OC(F)(F)F)c1)NC2=O. The van der Waals surface area contributed by atoms with Crippen LogP contribution in [0.15, 0.2) is 46.8 Å². The fourth-order valence-corrected chi connectivity index (χ4v) is 6.61. The number of carbonyl (C=O) groups is 2. The van der Waals surface area contributed by atoms with Gasteiger partial charge in [0, 0.05) is 43.3 Å². The Morgan fingerprint density at radius 1 is 1.11 bits per heavy atom. The molecule has 1 spiro atoms. The van der Waals surface area contributed by atoms with E-state index in [2.05, 4.69) is 15.0 Å². The van der Waals surface area contributed by atoms with Crippen molar-refractivity contribution in [3.8, 4) is 5.75 Å². The third-order valence-corrected chi connectivity index (χ3v) is 9.41. The molecule has 2 aliphatic heterocycles. The molecular weight excluding hydrogens is 631 g/mol. The Morgan fingerprint density at radius 2 is 1.74 bits per heavy atom. The number of sulfonamides is 1. The summed E-state index contributed by atoms with van der Waals surface area (Å²) in [5, 5.41) is 22.4. The number of amides is 3. The second-order valence-corrected chi connectivity index (χ2v) is 12.9. The Balaban J connectivity index is 1.47. The first-order chi connectivity index (χ1) is 21.6. The van der Waals surface area contributed by atoms with Gasteiger partial charge in [-0.05, 0) is 73.7 Å². The Hall–Kier alpha value is -3.99. The van der Waals surface area contributed by atoms with Gasteiger partial charge in [0.05, 0.1) is 19.8 Å². The first-order valence-corrected chi connectivity index (χ1v) is 15.9. The molecule has 0 unspecified atom stereocenters. The van der Waals surface area contributed by atoms with Crippen molar-refractivity contribution in [1.29, 1.82) is 0 Å². The van der Waals surface area contributed by atoms with E-state index in [1.807, 2.05) is 0 Å². The predicted octanol–water partition coefficient (Wildman–Crippen LogP) is 2.76. The third-order valence-electron chi connectivity index (χ3n) is 7.84. The molecule has 16 heteroatoms. The molecule has 0 radical (unpaired) electrons. The van der Waals surface area contributed by atoms with Gasteiger partial charge in [-0.2, -0.15) is 4.31 Å². The predicted molar refractivity (Wildman–Crippen MR) is 165 cm³/mol. The molecule has 2 aliphatic rings. The number of alkyl halides is 3. The number of halogens is 3. The quantitative estimate of drug-likeness (QED) is 0.353. The van der Waals surface area contributed by atoms with Gasteiger partial charge in [0.15, 0.2) is 0 Å². The fourth-order valence-electron chi connectivity index (χ4n) is 5.44. The minimum Gasteiger partial charge on any atom is -0.406 e. The molecule has 1 saturated heterocycles. The van der Waals surface area contributed by atoms with Crippen LogP contribution in [0, 0.1) is 13.8 Å². The van der Waals surface area contributed by atoms with E-state index in [1.165, 1.54) is 39.4 Å². The van der Waals surface area contributed by atoms with Gasteiger partial charge in [0.2, 0.25) is 10.0 Å². The monoisotopic (exact) mass is 667 g/mol. The maximum absolute atomic E-state index is 13.3. The summed E-state index contributed by atoms with van der Waals surface area (Å²) in [6.07, 6.45) is -3.27. The number of ether oxygens (including phenoxy) is 1. The number of aryl methyl sites for hydroxylation is 2. The van der Waals surface area contributed by atoms with Gasteiger partial charge in [0.1, 0.15) is 17.1 Å². The van der Waals surface area contributed by atoms with Crippen LogP contribution in [0.3, 0.4) is 0 Å². The van der Waals surface area contributed by atoms with Crippen molar-refractivity contribution in [3.05, 3.63) is 64.1 Å². The van der Waals surface area contributed by atoms with Gasteiger partial charge in [-0.1, -0.05) is 12.1 Å². The molecule has 3 amide bonds. The molecule has 12 nitrogen and oxygen atoms in total. The summed E-state index contributed by atoms with van der Waals surface area (Å²) in [7, 11) is -2.38. The molecule has 0 aromatic heterocycles. The standard InChI is InChI=1S/C30H36F3N5O7S/c1-20-17-23(38(13-15-40)28(42)36(3)12-14-39)18-21(2)25(20)7-16-46(43,44)37-10-8-29(9-11-37)27(41)34-26(35-29)22-5-4-6-24(19-22)45-30(31,32)33/h4-7,16-19,39-40H,8-15H2,1-3H3,(H,34,35,41)/b16-7+. The number of piperidine rings is 1. The van der Waals surface area contributed by atoms with Gasteiger partial charge < -0.3 is 25.2 Å². The van der Waals surface area contributed by atoms with Crippen molar-refractivity contribution in [2.45, 2.75) is 38.6 Å².